The lowest BCUT2D eigenvalue weighted by Crippen LogP contribution is -2.06. The molecular weight excluding hydrogens is 1120 g/mol. The fourth-order valence-corrected chi connectivity index (χ4v) is 9.31. The molecule has 11 aromatic heterocycles. The number of hydrogen-bond donors (Lipinski definition) is 0. The van der Waals surface area contributed by atoms with Gasteiger partial charge in [-0.1, -0.05) is 60.7 Å². The monoisotopic (exact) mass is 1170 g/mol. The van der Waals surface area contributed by atoms with Gasteiger partial charge in [0.25, 0.3) is 0 Å². The number of pyridine rings is 3. The van der Waals surface area contributed by atoms with Crippen molar-refractivity contribution in [2.75, 3.05) is 28.4 Å². The molecular formula is C63H49N17O8. The molecule has 25 nitrogen and oxygen atoms in total. The smallest absolute Gasteiger partial charge is 0.225 e. The van der Waals surface area contributed by atoms with Crippen LogP contribution in [0.25, 0.3) is 83.7 Å². The molecule has 0 amide bonds. The van der Waals surface area contributed by atoms with Gasteiger partial charge in [0.05, 0.1) is 74.2 Å². The van der Waals surface area contributed by atoms with Crippen LogP contribution in [0.15, 0.2) is 193 Å². The zero-order chi connectivity index (χ0) is 59.8. The van der Waals surface area contributed by atoms with Gasteiger partial charge in [-0.2, -0.15) is 28.8 Å². The van der Waals surface area contributed by atoms with Crippen LogP contribution in [0, 0.1) is 0 Å². The molecule has 0 saturated heterocycles. The van der Waals surface area contributed by atoms with E-state index in [0.29, 0.717) is 102 Å². The number of methoxy groups -OCH3 is 4. The Kier molecular flexibility index (Phi) is 15.5. The predicted octanol–water partition coefficient (Wildman–Crippen LogP) is 10.2. The number of ether oxygens (including phenoxy) is 7. The van der Waals surface area contributed by atoms with Crippen molar-refractivity contribution in [3.8, 4) is 74.3 Å². The maximum absolute atomic E-state index is 6.01. The Bertz CT molecular complexity index is 4910. The summed E-state index contributed by atoms with van der Waals surface area (Å²) in [7, 11) is 6.37. The second-order valence-corrected chi connectivity index (χ2v) is 19.0. The molecule has 0 N–H and O–H groups in total. The third-order valence-electron chi connectivity index (χ3n) is 13.7. The van der Waals surface area contributed by atoms with Crippen molar-refractivity contribution >= 4 is 49.8 Å². The molecule has 15 aromatic rings. The van der Waals surface area contributed by atoms with Gasteiger partial charge in [0, 0.05) is 53.2 Å². The molecule has 0 unspecified atom stereocenters. The van der Waals surface area contributed by atoms with E-state index in [9.17, 15) is 0 Å². The Balaban J connectivity index is 0.000000122. The number of hydrogen-bond acceptors (Lipinski definition) is 22. The molecule has 0 aliphatic rings. The van der Waals surface area contributed by atoms with Gasteiger partial charge in [-0.3, -0.25) is 9.97 Å². The van der Waals surface area contributed by atoms with Crippen LogP contribution in [0.1, 0.15) is 17.5 Å². The maximum Gasteiger partial charge on any atom is 0.225 e. The van der Waals surface area contributed by atoms with E-state index in [2.05, 4.69) is 70.8 Å². The highest BCUT2D eigenvalue weighted by Crippen LogP contribution is 2.35. The lowest BCUT2D eigenvalue weighted by Gasteiger charge is -2.11. The summed E-state index contributed by atoms with van der Waals surface area (Å²) in [6.07, 6.45) is 8.06. The average molecular weight is 1170 g/mol. The van der Waals surface area contributed by atoms with Gasteiger partial charge in [-0.05, 0) is 72.8 Å². The van der Waals surface area contributed by atoms with Crippen LogP contribution in [0.2, 0.25) is 0 Å². The minimum Gasteiger partial charge on any atom is -0.497 e. The lowest BCUT2D eigenvalue weighted by molar-refractivity contribution is 0.284. The average Bonchev–Trinajstić information content (AvgIpc) is 3.24. The molecule has 4 aromatic carbocycles. The summed E-state index contributed by atoms with van der Waals surface area (Å²) in [6.45, 7) is 0.535. The van der Waals surface area contributed by atoms with Crippen molar-refractivity contribution in [1.29, 1.82) is 0 Å². The van der Waals surface area contributed by atoms with Crippen LogP contribution >= 0.6 is 0 Å². The Morgan fingerprint density at radius 2 is 0.943 bits per heavy atom. The zero-order valence-corrected chi connectivity index (χ0v) is 47.4. The molecule has 0 radical (unpaired) electrons. The largest absolute Gasteiger partial charge is 0.497 e. The molecule has 11 heterocycles. The molecule has 0 spiro atoms. The fraction of sp³-hybridized carbons (Fsp3) is 0.111. The number of fused-ring (bicyclic) bond motifs is 6. The Morgan fingerprint density at radius 3 is 1.55 bits per heavy atom. The van der Waals surface area contributed by atoms with Gasteiger partial charge in [-0.15, -0.1) is 30.6 Å². The predicted molar refractivity (Wildman–Crippen MR) is 321 cm³/mol. The molecule has 0 aliphatic carbocycles. The van der Waals surface area contributed by atoms with Gasteiger partial charge < -0.3 is 37.6 Å². The van der Waals surface area contributed by atoms with Crippen LogP contribution in [-0.2, 0) is 19.8 Å². The fourth-order valence-electron chi connectivity index (χ4n) is 9.31. The van der Waals surface area contributed by atoms with Gasteiger partial charge in [0.2, 0.25) is 5.88 Å². The Hall–Kier alpha value is -12.3. The Morgan fingerprint density at radius 1 is 0.398 bits per heavy atom. The highest BCUT2D eigenvalue weighted by Gasteiger charge is 2.17. The normalized spacial score (nSPS) is 11.1. The second-order valence-electron chi connectivity index (χ2n) is 19.0. The minimum atomic E-state index is 0.132. The van der Waals surface area contributed by atoms with E-state index in [1.54, 1.807) is 85.0 Å². The summed E-state index contributed by atoms with van der Waals surface area (Å²) >= 11 is 0. The van der Waals surface area contributed by atoms with Crippen LogP contribution in [0.5, 0.6) is 40.4 Å². The third kappa shape index (κ3) is 11.5. The third-order valence-corrected chi connectivity index (χ3v) is 13.7. The zero-order valence-electron chi connectivity index (χ0n) is 47.4. The minimum absolute atomic E-state index is 0.132. The van der Waals surface area contributed by atoms with Gasteiger partial charge in [0.15, 0.2) is 58.3 Å². The van der Waals surface area contributed by atoms with Crippen LogP contribution in [0.4, 0.5) is 0 Å². The first-order chi connectivity index (χ1) is 43.4. The Labute approximate surface area is 498 Å². The number of benzene rings is 4. The van der Waals surface area contributed by atoms with Crippen LogP contribution in [0.3, 0.4) is 0 Å². The van der Waals surface area contributed by atoms with Crippen molar-refractivity contribution in [3.63, 3.8) is 0 Å². The van der Waals surface area contributed by atoms with E-state index in [1.165, 1.54) is 6.33 Å². The molecule has 434 valence electrons. The first-order valence-corrected chi connectivity index (χ1v) is 27.2. The molecule has 0 saturated carbocycles. The van der Waals surface area contributed by atoms with E-state index in [-0.39, 0.29) is 19.8 Å². The molecule has 0 bridgehead atoms. The van der Waals surface area contributed by atoms with Gasteiger partial charge >= 0.3 is 0 Å². The SMILES string of the molecule is COc1cc2ncnc(OCc3nnc4ccc(-c5ccccc5)nn34)c2cc1OC.COc1ccc2c(OCc3nnc4ccc(-c5ccco5)nn34)ccnc2c1.COc1cnc2c(OCc3nnc4ccc(-c5ccccc5)nn34)ccnc2c1. The maximum atomic E-state index is 6.01. The summed E-state index contributed by atoms with van der Waals surface area (Å²) in [4.78, 5) is 21.7. The van der Waals surface area contributed by atoms with E-state index >= 15 is 0 Å². The molecule has 88 heavy (non-hydrogen) atoms. The molecule has 25 heteroatoms. The van der Waals surface area contributed by atoms with Crippen molar-refractivity contribution in [2.45, 2.75) is 19.8 Å². The summed E-state index contributed by atoms with van der Waals surface area (Å²) < 4.78 is 49.6. The molecule has 0 fully saturated rings. The summed E-state index contributed by atoms with van der Waals surface area (Å²) in [5, 5.41) is 40.6. The quantitative estimate of drug-likeness (QED) is 0.0870. The standard InChI is InChI=1S/C22H18N6O3.C21H16N6O2.C20H15N5O3/c1-29-18-10-15-17(11-19(18)30-2)23-13-24-22(15)31-12-21-26-25-20-9-8-16(27-28(20)21)14-6-4-3-5-7-14;1-28-15-11-17-21(23-12-15)18(9-10-22-17)29-13-20-25-24-19-8-7-16(26-27(19)20)14-5-3-2-4-6-14;1-26-13-4-5-14-16(11-13)21-9-8-17(14)28-12-20-23-22-19-7-6-15(24-25(19)20)18-3-2-10-27-18/h3-11,13H,12H2,1-2H3;2-12H,13H2,1H3;2-11H,12H2,1H3. The summed E-state index contributed by atoms with van der Waals surface area (Å²) in [5.41, 5.74) is 9.12. The highest BCUT2D eigenvalue weighted by molar-refractivity contribution is 5.87. The van der Waals surface area contributed by atoms with Crippen molar-refractivity contribution in [3.05, 3.63) is 206 Å². The van der Waals surface area contributed by atoms with Gasteiger partial charge in [0.1, 0.15) is 53.7 Å². The number of rotatable bonds is 16. The molecule has 15 rings (SSSR count). The topological polar surface area (TPSA) is 271 Å². The lowest BCUT2D eigenvalue weighted by atomic mass is 10.1. The first kappa shape index (κ1) is 54.9. The van der Waals surface area contributed by atoms with Crippen LogP contribution in [-0.4, -0.2) is 113 Å². The summed E-state index contributed by atoms with van der Waals surface area (Å²) in [6, 6.07) is 49.5. The number of aromatic nitrogens is 17. The van der Waals surface area contributed by atoms with E-state index in [4.69, 9.17) is 37.6 Å². The molecule has 0 atom stereocenters. The number of nitrogens with zero attached hydrogens (tertiary/aromatic N) is 17. The first-order valence-electron chi connectivity index (χ1n) is 27.2. The van der Waals surface area contributed by atoms with E-state index in [0.717, 1.165) is 39.2 Å². The second kappa shape index (κ2) is 24.9. The van der Waals surface area contributed by atoms with E-state index in [1.807, 2.05) is 140 Å². The summed E-state index contributed by atoms with van der Waals surface area (Å²) in [5.74, 6) is 6.66. The van der Waals surface area contributed by atoms with Crippen molar-refractivity contribution < 1.29 is 37.6 Å². The highest BCUT2D eigenvalue weighted by atomic mass is 16.5. The van der Waals surface area contributed by atoms with Crippen molar-refractivity contribution in [1.82, 2.24) is 84.4 Å². The molecule has 0 aliphatic heterocycles. The van der Waals surface area contributed by atoms with Crippen LogP contribution < -0.4 is 33.2 Å². The van der Waals surface area contributed by atoms with Crippen molar-refractivity contribution in [2.24, 2.45) is 0 Å². The van der Waals surface area contributed by atoms with E-state index < -0.39 is 0 Å². The number of furan rings is 1. The van der Waals surface area contributed by atoms with Gasteiger partial charge in [-0.25, -0.2) is 15.0 Å².